The van der Waals surface area contributed by atoms with Crippen molar-refractivity contribution in [3.63, 3.8) is 0 Å². The zero-order valence-corrected chi connectivity index (χ0v) is 26.3. The van der Waals surface area contributed by atoms with Crippen molar-refractivity contribution in [2.45, 2.75) is 148 Å². The summed E-state index contributed by atoms with van der Waals surface area (Å²) in [6.07, 6.45) is 17.8. The highest BCUT2D eigenvalue weighted by Gasteiger charge is 2.28. The number of aliphatic hydroxyl groups excluding tert-OH is 1. The van der Waals surface area contributed by atoms with Gasteiger partial charge in [0.25, 0.3) is 0 Å². The smallest absolute Gasteiger partial charge is 0.472 e. The lowest BCUT2D eigenvalue weighted by Crippen LogP contribution is -2.43. The lowest BCUT2D eigenvalue weighted by molar-refractivity contribution is -0.147. The van der Waals surface area contributed by atoms with Gasteiger partial charge in [-0.2, -0.15) is 0 Å². The standard InChI is InChI=1S/C29H56NO10P/c1-3-5-7-9-10-11-12-13-14-15-17-19-21-28(33)38-22-25(31)23-39-41(36,37)40-24-26(29(34)35)30-27(32)20-18-16-8-6-4-2/h25-26,31H,3-24H2,1-2H3,(H,30,32)(H,34,35)(H,36,37). The molecule has 0 spiro atoms. The molecule has 41 heavy (non-hydrogen) atoms. The van der Waals surface area contributed by atoms with E-state index in [9.17, 15) is 34.1 Å². The first-order valence-electron chi connectivity index (χ1n) is 15.6. The van der Waals surface area contributed by atoms with E-state index < -0.39 is 57.6 Å². The van der Waals surface area contributed by atoms with E-state index in [1.165, 1.54) is 51.4 Å². The molecule has 11 nitrogen and oxygen atoms in total. The third-order valence-corrected chi connectivity index (χ3v) is 7.60. The van der Waals surface area contributed by atoms with Gasteiger partial charge in [0.1, 0.15) is 12.7 Å². The highest BCUT2D eigenvalue weighted by atomic mass is 31.2. The third-order valence-electron chi connectivity index (χ3n) is 6.65. The normalized spacial score (nSPS) is 14.2. The van der Waals surface area contributed by atoms with Crippen LogP contribution in [0.3, 0.4) is 0 Å². The number of rotatable bonds is 29. The van der Waals surface area contributed by atoms with Crippen LogP contribution in [0.4, 0.5) is 0 Å². The number of carboxylic acid groups (broad SMARTS) is 1. The lowest BCUT2D eigenvalue weighted by Gasteiger charge is -2.18. The SMILES string of the molecule is CCCCCCCCCCCCCCC(=O)OCC(O)COP(=O)(O)OCC(NC(=O)CCCCCCC)C(=O)O. The van der Waals surface area contributed by atoms with Crippen molar-refractivity contribution in [1.29, 1.82) is 0 Å². The number of phosphoric ester groups is 1. The fraction of sp³-hybridized carbons (Fsp3) is 0.897. The van der Waals surface area contributed by atoms with Crippen molar-refractivity contribution in [2.75, 3.05) is 19.8 Å². The van der Waals surface area contributed by atoms with Gasteiger partial charge < -0.3 is 25.2 Å². The molecule has 0 aliphatic heterocycles. The van der Waals surface area contributed by atoms with Gasteiger partial charge in [-0.15, -0.1) is 0 Å². The second-order valence-electron chi connectivity index (χ2n) is 10.7. The summed E-state index contributed by atoms with van der Waals surface area (Å²) < 4.78 is 26.4. The van der Waals surface area contributed by atoms with Crippen LogP contribution in [0.25, 0.3) is 0 Å². The average Bonchev–Trinajstić information content (AvgIpc) is 2.93. The highest BCUT2D eigenvalue weighted by Crippen LogP contribution is 2.43. The molecule has 0 saturated carbocycles. The van der Waals surface area contributed by atoms with Gasteiger partial charge in [0.2, 0.25) is 5.91 Å². The third kappa shape index (κ3) is 25.9. The summed E-state index contributed by atoms with van der Waals surface area (Å²) in [5, 5.41) is 21.4. The quantitative estimate of drug-likeness (QED) is 0.0445. The molecular weight excluding hydrogens is 553 g/mol. The van der Waals surface area contributed by atoms with Crippen molar-refractivity contribution >= 4 is 25.7 Å². The number of nitrogens with one attached hydrogen (secondary N) is 1. The van der Waals surface area contributed by atoms with Crippen molar-refractivity contribution in [3.8, 4) is 0 Å². The Bertz CT molecular complexity index is 736. The molecular formula is C29H56NO10P. The molecule has 12 heteroatoms. The maximum atomic E-state index is 12.1. The van der Waals surface area contributed by atoms with E-state index >= 15 is 0 Å². The number of esters is 1. The molecule has 0 fully saturated rings. The van der Waals surface area contributed by atoms with Crippen LogP contribution in [-0.4, -0.2) is 64.9 Å². The predicted octanol–water partition coefficient (Wildman–Crippen LogP) is 6.05. The number of unbranched alkanes of at least 4 members (excludes halogenated alkanes) is 15. The molecule has 0 aliphatic carbocycles. The molecule has 3 unspecified atom stereocenters. The predicted molar refractivity (Wildman–Crippen MR) is 157 cm³/mol. The summed E-state index contributed by atoms with van der Waals surface area (Å²) in [7, 11) is -4.72. The van der Waals surface area contributed by atoms with Crippen molar-refractivity contribution in [3.05, 3.63) is 0 Å². The minimum absolute atomic E-state index is 0.144. The Kier molecular flexibility index (Phi) is 25.2. The van der Waals surface area contributed by atoms with Gasteiger partial charge in [-0.1, -0.05) is 110 Å². The molecule has 0 bridgehead atoms. The summed E-state index contributed by atoms with van der Waals surface area (Å²) in [4.78, 5) is 45.0. The molecule has 0 saturated heterocycles. The van der Waals surface area contributed by atoms with E-state index in [0.29, 0.717) is 12.8 Å². The number of amides is 1. The Hall–Kier alpha value is -1.52. The Morgan fingerprint density at radius 2 is 1.12 bits per heavy atom. The van der Waals surface area contributed by atoms with Crippen LogP contribution in [0.15, 0.2) is 0 Å². The first-order chi connectivity index (χ1) is 19.6. The van der Waals surface area contributed by atoms with Crippen molar-refractivity contribution < 1.29 is 47.8 Å². The monoisotopic (exact) mass is 609 g/mol. The number of carbonyl (C=O) groups is 3. The first kappa shape index (κ1) is 39.5. The molecule has 0 aromatic rings. The van der Waals surface area contributed by atoms with E-state index in [-0.39, 0.29) is 12.8 Å². The Morgan fingerprint density at radius 3 is 1.61 bits per heavy atom. The van der Waals surface area contributed by atoms with Gasteiger partial charge in [0.15, 0.2) is 6.04 Å². The van der Waals surface area contributed by atoms with E-state index in [1.54, 1.807) is 0 Å². The maximum absolute atomic E-state index is 12.1. The van der Waals surface area contributed by atoms with Gasteiger partial charge in [-0.05, 0) is 12.8 Å². The molecule has 0 radical (unpaired) electrons. The number of phosphoric acid groups is 1. The minimum Gasteiger partial charge on any atom is -0.480 e. The zero-order chi connectivity index (χ0) is 30.8. The van der Waals surface area contributed by atoms with Crippen molar-refractivity contribution in [1.82, 2.24) is 5.32 Å². The Balaban J connectivity index is 3.98. The minimum atomic E-state index is -4.72. The molecule has 3 atom stereocenters. The van der Waals surface area contributed by atoms with Gasteiger partial charge in [-0.25, -0.2) is 9.36 Å². The zero-order valence-electron chi connectivity index (χ0n) is 25.4. The first-order valence-corrected chi connectivity index (χ1v) is 17.1. The number of hydrogen-bond acceptors (Lipinski definition) is 8. The van der Waals surface area contributed by atoms with E-state index in [2.05, 4.69) is 28.2 Å². The number of aliphatic carboxylic acids is 1. The summed E-state index contributed by atoms with van der Waals surface area (Å²) >= 11 is 0. The Labute approximate surface area is 246 Å². The van der Waals surface area contributed by atoms with Crippen LogP contribution in [0.5, 0.6) is 0 Å². The fourth-order valence-corrected chi connectivity index (χ4v) is 4.91. The van der Waals surface area contributed by atoms with E-state index in [1.807, 2.05) is 0 Å². The highest BCUT2D eigenvalue weighted by molar-refractivity contribution is 7.47. The van der Waals surface area contributed by atoms with E-state index in [4.69, 9.17) is 4.74 Å². The number of aliphatic hydroxyl groups is 1. The van der Waals surface area contributed by atoms with Crippen LogP contribution in [0, 0.1) is 0 Å². The van der Waals surface area contributed by atoms with Gasteiger partial charge >= 0.3 is 19.8 Å². The lowest BCUT2D eigenvalue weighted by atomic mass is 10.0. The largest absolute Gasteiger partial charge is 0.480 e. The fourth-order valence-electron chi connectivity index (χ4n) is 4.14. The maximum Gasteiger partial charge on any atom is 0.472 e. The number of hydrogen-bond donors (Lipinski definition) is 4. The van der Waals surface area contributed by atoms with Gasteiger partial charge in [0.05, 0.1) is 13.2 Å². The summed E-state index contributed by atoms with van der Waals surface area (Å²) in [6, 6.07) is -1.53. The second-order valence-corrected chi connectivity index (χ2v) is 12.1. The molecule has 4 N–H and O–H groups in total. The molecule has 0 heterocycles. The summed E-state index contributed by atoms with van der Waals surface area (Å²) in [6.45, 7) is 2.42. The molecule has 1 amide bonds. The van der Waals surface area contributed by atoms with Crippen LogP contribution in [0.2, 0.25) is 0 Å². The topological polar surface area (TPSA) is 169 Å². The Morgan fingerprint density at radius 1 is 0.683 bits per heavy atom. The molecule has 0 aliphatic rings. The average molecular weight is 610 g/mol. The molecule has 0 rings (SSSR count). The summed E-state index contributed by atoms with van der Waals surface area (Å²) in [5.41, 5.74) is 0. The summed E-state index contributed by atoms with van der Waals surface area (Å²) in [5.74, 6) is -2.39. The van der Waals surface area contributed by atoms with Crippen molar-refractivity contribution in [2.24, 2.45) is 0 Å². The number of ether oxygens (including phenoxy) is 1. The van der Waals surface area contributed by atoms with Crippen LogP contribution in [-0.2, 0) is 32.7 Å². The number of carbonyl (C=O) groups excluding carboxylic acids is 2. The van der Waals surface area contributed by atoms with Crippen LogP contribution >= 0.6 is 7.82 Å². The second kappa shape index (κ2) is 26.1. The van der Waals surface area contributed by atoms with Crippen LogP contribution < -0.4 is 5.32 Å². The van der Waals surface area contributed by atoms with Crippen LogP contribution in [0.1, 0.15) is 136 Å². The van der Waals surface area contributed by atoms with E-state index in [0.717, 1.165) is 44.9 Å². The molecule has 242 valence electrons. The number of carboxylic acids is 1. The molecule has 0 aromatic heterocycles. The molecule has 0 aromatic carbocycles. The van der Waals surface area contributed by atoms with Gasteiger partial charge in [0, 0.05) is 12.8 Å². The van der Waals surface area contributed by atoms with Gasteiger partial charge in [-0.3, -0.25) is 18.6 Å².